The normalized spacial score (nSPS) is 10.1. The van der Waals surface area contributed by atoms with Crippen molar-refractivity contribution in [3.05, 3.63) is 29.3 Å². The Morgan fingerprint density at radius 2 is 1.94 bits per heavy atom. The summed E-state index contributed by atoms with van der Waals surface area (Å²) in [6, 6.07) is 4.32. The van der Waals surface area contributed by atoms with Crippen LogP contribution in [0.25, 0.3) is 0 Å². The lowest BCUT2D eigenvalue weighted by Crippen LogP contribution is -2.05. The highest BCUT2D eigenvalue weighted by Crippen LogP contribution is 2.18. The van der Waals surface area contributed by atoms with Crippen LogP contribution >= 0.6 is 0 Å². The van der Waals surface area contributed by atoms with Gasteiger partial charge in [0.15, 0.2) is 0 Å². The van der Waals surface area contributed by atoms with Crippen molar-refractivity contribution in [2.75, 3.05) is 6.61 Å². The zero-order chi connectivity index (χ0) is 13.5. The molecule has 0 saturated heterocycles. The van der Waals surface area contributed by atoms with Crippen LogP contribution in [-0.4, -0.2) is 28.8 Å². The fraction of sp³-hybridized carbons (Fsp3) is 0.385. The van der Waals surface area contributed by atoms with E-state index in [-0.39, 0.29) is 12.0 Å². The van der Waals surface area contributed by atoms with E-state index < -0.39 is 11.9 Å². The van der Waals surface area contributed by atoms with Crippen LogP contribution in [0.5, 0.6) is 5.75 Å². The zero-order valence-corrected chi connectivity index (χ0v) is 10.2. The van der Waals surface area contributed by atoms with E-state index in [0.717, 1.165) is 12.8 Å². The van der Waals surface area contributed by atoms with Gasteiger partial charge in [0.1, 0.15) is 5.75 Å². The Kier molecular flexibility index (Phi) is 5.17. The molecule has 1 aromatic carbocycles. The molecule has 1 rings (SSSR count). The molecule has 5 nitrogen and oxygen atoms in total. The molecular weight excluding hydrogens is 236 g/mol. The second kappa shape index (κ2) is 6.64. The van der Waals surface area contributed by atoms with Crippen molar-refractivity contribution in [2.24, 2.45) is 0 Å². The first kappa shape index (κ1) is 14.0. The van der Waals surface area contributed by atoms with Crippen LogP contribution < -0.4 is 4.74 Å². The second-order valence-corrected chi connectivity index (χ2v) is 3.94. The minimum absolute atomic E-state index is 0.0419. The molecule has 0 bridgehead atoms. The summed E-state index contributed by atoms with van der Waals surface area (Å²) >= 11 is 0. The van der Waals surface area contributed by atoms with E-state index in [2.05, 4.69) is 0 Å². The lowest BCUT2D eigenvalue weighted by molar-refractivity contribution is -0.136. The quantitative estimate of drug-likeness (QED) is 0.727. The van der Waals surface area contributed by atoms with Gasteiger partial charge in [0.2, 0.25) is 0 Å². The van der Waals surface area contributed by atoms with Gasteiger partial charge < -0.3 is 14.9 Å². The van der Waals surface area contributed by atoms with E-state index in [9.17, 15) is 9.59 Å². The summed E-state index contributed by atoms with van der Waals surface area (Å²) in [4.78, 5) is 21.6. The number of rotatable bonds is 7. The van der Waals surface area contributed by atoms with Gasteiger partial charge in [-0.15, -0.1) is 0 Å². The number of carbonyl (C=O) groups is 2. The summed E-state index contributed by atoms with van der Waals surface area (Å²) in [6.07, 6.45) is 1.62. The monoisotopic (exact) mass is 252 g/mol. The van der Waals surface area contributed by atoms with E-state index in [1.807, 2.05) is 6.92 Å². The first-order valence-corrected chi connectivity index (χ1v) is 5.74. The Morgan fingerprint density at radius 3 is 2.50 bits per heavy atom. The van der Waals surface area contributed by atoms with Gasteiger partial charge in [-0.05, 0) is 30.2 Å². The van der Waals surface area contributed by atoms with Crippen LogP contribution in [0.1, 0.15) is 35.7 Å². The van der Waals surface area contributed by atoms with Gasteiger partial charge in [-0.2, -0.15) is 0 Å². The molecule has 18 heavy (non-hydrogen) atoms. The van der Waals surface area contributed by atoms with Gasteiger partial charge in [0.25, 0.3) is 0 Å². The van der Waals surface area contributed by atoms with Gasteiger partial charge in [-0.25, -0.2) is 4.79 Å². The molecular formula is C13H16O5. The molecule has 0 heterocycles. The fourth-order valence-electron chi connectivity index (χ4n) is 1.48. The fourth-order valence-corrected chi connectivity index (χ4v) is 1.48. The number of carboxylic acids is 2. The molecule has 0 aliphatic carbocycles. The van der Waals surface area contributed by atoms with Crippen LogP contribution in [0.15, 0.2) is 18.2 Å². The van der Waals surface area contributed by atoms with Crippen molar-refractivity contribution in [2.45, 2.75) is 26.2 Å². The lowest BCUT2D eigenvalue weighted by atomic mass is 10.1. The number of aromatic carboxylic acids is 1. The highest BCUT2D eigenvalue weighted by atomic mass is 16.5. The first-order valence-electron chi connectivity index (χ1n) is 5.74. The van der Waals surface area contributed by atoms with Gasteiger partial charge in [-0.3, -0.25) is 4.79 Å². The SMILES string of the molecule is CCCCOc1cc(CC(=O)O)cc(C(=O)O)c1. The zero-order valence-electron chi connectivity index (χ0n) is 10.2. The van der Waals surface area contributed by atoms with Crippen molar-refractivity contribution < 1.29 is 24.5 Å². The number of hydrogen-bond donors (Lipinski definition) is 2. The predicted octanol–water partition coefficient (Wildman–Crippen LogP) is 2.19. The number of benzene rings is 1. The van der Waals surface area contributed by atoms with Gasteiger partial charge in [-0.1, -0.05) is 13.3 Å². The second-order valence-electron chi connectivity index (χ2n) is 3.94. The lowest BCUT2D eigenvalue weighted by Gasteiger charge is -2.08. The third-order valence-electron chi connectivity index (χ3n) is 2.34. The van der Waals surface area contributed by atoms with Crippen LogP contribution in [0.3, 0.4) is 0 Å². The number of ether oxygens (including phenoxy) is 1. The standard InChI is InChI=1S/C13H16O5/c1-2-3-4-18-11-6-9(7-12(14)15)5-10(8-11)13(16)17/h5-6,8H,2-4,7H2,1H3,(H,14,15)(H,16,17). The highest BCUT2D eigenvalue weighted by Gasteiger charge is 2.10. The van der Waals surface area contributed by atoms with Crippen molar-refractivity contribution in [3.8, 4) is 5.75 Å². The minimum Gasteiger partial charge on any atom is -0.494 e. The van der Waals surface area contributed by atoms with Crippen LogP contribution in [0, 0.1) is 0 Å². The molecule has 0 fully saturated rings. The van der Waals surface area contributed by atoms with Crippen molar-refractivity contribution in [1.29, 1.82) is 0 Å². The molecule has 0 amide bonds. The molecule has 0 aromatic heterocycles. The molecule has 0 spiro atoms. The number of hydrogen-bond acceptors (Lipinski definition) is 3. The van der Waals surface area contributed by atoms with Crippen molar-refractivity contribution >= 4 is 11.9 Å². The van der Waals surface area contributed by atoms with Gasteiger partial charge >= 0.3 is 11.9 Å². The van der Waals surface area contributed by atoms with E-state index in [1.54, 1.807) is 6.07 Å². The number of unbranched alkanes of at least 4 members (excludes halogenated alkanes) is 1. The van der Waals surface area contributed by atoms with E-state index in [0.29, 0.717) is 17.9 Å². The molecule has 0 saturated carbocycles. The average Bonchev–Trinajstić information content (AvgIpc) is 2.28. The topological polar surface area (TPSA) is 83.8 Å². The summed E-state index contributed by atoms with van der Waals surface area (Å²) in [5.74, 6) is -1.70. The Balaban J connectivity index is 2.90. The van der Waals surface area contributed by atoms with Gasteiger partial charge in [0.05, 0.1) is 18.6 Å². The summed E-state index contributed by atoms with van der Waals surface area (Å²) in [7, 11) is 0. The predicted molar refractivity (Wildman–Crippen MR) is 65.1 cm³/mol. The molecule has 5 heteroatoms. The highest BCUT2D eigenvalue weighted by molar-refractivity contribution is 5.88. The van der Waals surface area contributed by atoms with E-state index in [4.69, 9.17) is 14.9 Å². The number of carboxylic acid groups (broad SMARTS) is 2. The summed E-state index contributed by atoms with van der Waals surface area (Å²) in [5, 5.41) is 17.6. The third kappa shape index (κ3) is 4.45. The van der Waals surface area contributed by atoms with Crippen LogP contribution in [-0.2, 0) is 11.2 Å². The first-order chi connectivity index (χ1) is 8.52. The van der Waals surface area contributed by atoms with Crippen molar-refractivity contribution in [1.82, 2.24) is 0 Å². The average molecular weight is 252 g/mol. The minimum atomic E-state index is -1.09. The van der Waals surface area contributed by atoms with Crippen molar-refractivity contribution in [3.63, 3.8) is 0 Å². The van der Waals surface area contributed by atoms with E-state index >= 15 is 0 Å². The maximum atomic E-state index is 10.9. The molecule has 0 radical (unpaired) electrons. The Hall–Kier alpha value is -2.04. The maximum Gasteiger partial charge on any atom is 0.335 e. The number of aliphatic carboxylic acids is 1. The molecule has 0 aliphatic rings. The molecule has 1 aromatic rings. The smallest absolute Gasteiger partial charge is 0.335 e. The van der Waals surface area contributed by atoms with Crippen LogP contribution in [0.2, 0.25) is 0 Å². The summed E-state index contributed by atoms with van der Waals surface area (Å²) in [6.45, 7) is 2.51. The molecule has 0 unspecified atom stereocenters. The summed E-state index contributed by atoms with van der Waals surface area (Å²) in [5.41, 5.74) is 0.467. The molecule has 98 valence electrons. The van der Waals surface area contributed by atoms with Gasteiger partial charge in [0, 0.05) is 0 Å². The Bertz CT molecular complexity index is 439. The maximum absolute atomic E-state index is 10.9. The molecule has 2 N–H and O–H groups in total. The third-order valence-corrected chi connectivity index (χ3v) is 2.34. The summed E-state index contributed by atoms with van der Waals surface area (Å²) < 4.78 is 5.40. The van der Waals surface area contributed by atoms with Crippen LogP contribution in [0.4, 0.5) is 0 Å². The largest absolute Gasteiger partial charge is 0.494 e. The Morgan fingerprint density at radius 1 is 1.22 bits per heavy atom. The van der Waals surface area contributed by atoms with E-state index in [1.165, 1.54) is 12.1 Å². The Labute approximate surface area is 105 Å². The molecule has 0 aliphatic heterocycles. The molecule has 0 atom stereocenters.